The number of fused-ring (bicyclic) bond motifs is 1. The van der Waals surface area contributed by atoms with Crippen LogP contribution in [0.15, 0.2) is 54.6 Å². The van der Waals surface area contributed by atoms with E-state index in [1.54, 1.807) is 14.2 Å². The van der Waals surface area contributed by atoms with Crippen molar-refractivity contribution in [1.29, 1.82) is 0 Å². The molecular weight excluding hydrogens is 356 g/mol. The predicted octanol–water partition coefficient (Wildman–Crippen LogP) is 3.64. The third-order valence-corrected chi connectivity index (χ3v) is 4.49. The summed E-state index contributed by atoms with van der Waals surface area (Å²) in [5, 5.41) is 3.34. The molecule has 0 saturated heterocycles. The molecule has 0 aliphatic carbocycles. The second kappa shape index (κ2) is 8.04. The van der Waals surface area contributed by atoms with Crippen LogP contribution in [0.5, 0.6) is 17.4 Å². The highest BCUT2D eigenvalue weighted by Gasteiger charge is 2.25. The molecule has 0 radical (unpaired) electrons. The van der Waals surface area contributed by atoms with E-state index in [1.165, 1.54) is 0 Å². The van der Waals surface area contributed by atoms with Gasteiger partial charge in [-0.1, -0.05) is 42.5 Å². The molecule has 2 heterocycles. The van der Waals surface area contributed by atoms with Crippen molar-refractivity contribution >= 4 is 17.5 Å². The average Bonchev–Trinajstić information content (AvgIpc) is 2.77. The summed E-state index contributed by atoms with van der Waals surface area (Å²) in [7, 11) is 3.15. The molecule has 0 unspecified atom stereocenters. The maximum Gasteiger partial charge on any atom is 0.264 e. The van der Waals surface area contributed by atoms with Gasteiger partial charge in [-0.25, -0.2) is 0 Å². The number of hydrogen-bond acceptors (Lipinski definition) is 7. The van der Waals surface area contributed by atoms with Crippen LogP contribution in [0.4, 0.5) is 17.5 Å². The molecule has 0 fully saturated rings. The molecule has 0 atom stereocenters. The molecular formula is C21H22N4O3. The summed E-state index contributed by atoms with van der Waals surface area (Å²) >= 11 is 0. The quantitative estimate of drug-likeness (QED) is 0.702. The lowest BCUT2D eigenvalue weighted by Crippen LogP contribution is -2.30. The number of benzene rings is 2. The lowest BCUT2D eigenvalue weighted by atomic mass is 10.2. The van der Waals surface area contributed by atoms with E-state index < -0.39 is 0 Å². The Morgan fingerprint density at radius 3 is 2.57 bits per heavy atom. The van der Waals surface area contributed by atoms with Crippen LogP contribution >= 0.6 is 0 Å². The summed E-state index contributed by atoms with van der Waals surface area (Å²) in [6, 6.07) is 18.0. The molecule has 0 amide bonds. The summed E-state index contributed by atoms with van der Waals surface area (Å²) in [5.41, 5.74) is 2.07. The van der Waals surface area contributed by atoms with Crippen LogP contribution in [-0.4, -0.2) is 37.3 Å². The fraction of sp³-hybridized carbons (Fsp3) is 0.238. The minimum atomic E-state index is 0.382. The topological polar surface area (TPSA) is 68.7 Å². The number of nitrogens with zero attached hydrogens (tertiary/aromatic N) is 3. The summed E-state index contributed by atoms with van der Waals surface area (Å²) in [5.74, 6) is 2.78. The predicted molar refractivity (Wildman–Crippen MR) is 108 cm³/mol. The van der Waals surface area contributed by atoms with E-state index in [9.17, 15) is 0 Å². The lowest BCUT2D eigenvalue weighted by Gasteiger charge is -2.30. The number of hydrogen-bond donors (Lipinski definition) is 1. The van der Waals surface area contributed by atoms with Crippen LogP contribution in [-0.2, 0) is 6.54 Å². The van der Waals surface area contributed by atoms with Gasteiger partial charge in [0.05, 0.1) is 26.5 Å². The van der Waals surface area contributed by atoms with Gasteiger partial charge in [0, 0.05) is 6.54 Å². The van der Waals surface area contributed by atoms with Crippen molar-refractivity contribution in [1.82, 2.24) is 9.97 Å². The van der Waals surface area contributed by atoms with Gasteiger partial charge in [-0.2, -0.15) is 9.97 Å². The number of ether oxygens (including phenoxy) is 3. The Balaban J connectivity index is 1.71. The lowest BCUT2D eigenvalue weighted by molar-refractivity contribution is 0.312. The van der Waals surface area contributed by atoms with Crippen LogP contribution in [0.25, 0.3) is 0 Å². The minimum absolute atomic E-state index is 0.382. The highest BCUT2D eigenvalue weighted by atomic mass is 16.5. The number of nitrogens with one attached hydrogen (secondary N) is 1. The first kappa shape index (κ1) is 17.9. The van der Waals surface area contributed by atoms with Crippen molar-refractivity contribution < 1.29 is 14.2 Å². The Labute approximate surface area is 163 Å². The fourth-order valence-corrected chi connectivity index (χ4v) is 3.14. The number of para-hydroxylation sites is 2. The summed E-state index contributed by atoms with van der Waals surface area (Å²) < 4.78 is 16.7. The fourth-order valence-electron chi connectivity index (χ4n) is 3.14. The van der Waals surface area contributed by atoms with E-state index in [1.807, 2.05) is 47.4 Å². The Hall–Kier alpha value is -3.48. The molecule has 1 N–H and O–H groups in total. The Bertz CT molecular complexity index is 950. The van der Waals surface area contributed by atoms with Gasteiger partial charge >= 0.3 is 0 Å². The van der Waals surface area contributed by atoms with Gasteiger partial charge in [-0.15, -0.1) is 0 Å². The van der Waals surface area contributed by atoms with Crippen LogP contribution in [0, 0.1) is 0 Å². The molecule has 1 aliphatic heterocycles. The first-order valence-corrected chi connectivity index (χ1v) is 9.07. The van der Waals surface area contributed by atoms with Gasteiger partial charge in [0.2, 0.25) is 11.7 Å². The summed E-state index contributed by atoms with van der Waals surface area (Å²) in [4.78, 5) is 11.3. The molecule has 2 aromatic carbocycles. The van der Waals surface area contributed by atoms with E-state index >= 15 is 0 Å². The van der Waals surface area contributed by atoms with Crippen LogP contribution in [0.2, 0.25) is 0 Å². The molecule has 0 bridgehead atoms. The molecule has 1 aromatic heterocycles. The number of rotatable bonds is 6. The largest absolute Gasteiger partial charge is 0.490 e. The summed E-state index contributed by atoms with van der Waals surface area (Å²) in [6.45, 7) is 1.81. The molecule has 28 heavy (non-hydrogen) atoms. The third kappa shape index (κ3) is 3.51. The van der Waals surface area contributed by atoms with Crippen molar-refractivity contribution in [3.8, 4) is 17.4 Å². The minimum Gasteiger partial charge on any atom is -0.490 e. The Morgan fingerprint density at radius 1 is 1.00 bits per heavy atom. The molecule has 7 heteroatoms. The zero-order valence-electron chi connectivity index (χ0n) is 15.9. The zero-order valence-corrected chi connectivity index (χ0v) is 15.9. The van der Waals surface area contributed by atoms with Gasteiger partial charge in [-0.05, 0) is 17.7 Å². The number of aromatic nitrogens is 2. The smallest absolute Gasteiger partial charge is 0.264 e. The Morgan fingerprint density at radius 2 is 1.79 bits per heavy atom. The molecule has 4 rings (SSSR count). The monoisotopic (exact) mass is 378 g/mol. The van der Waals surface area contributed by atoms with Gasteiger partial charge in [0.1, 0.15) is 12.4 Å². The molecule has 7 nitrogen and oxygen atoms in total. The van der Waals surface area contributed by atoms with E-state index in [0.717, 1.165) is 17.0 Å². The van der Waals surface area contributed by atoms with Crippen molar-refractivity contribution in [2.45, 2.75) is 6.54 Å². The normalized spacial score (nSPS) is 12.7. The highest BCUT2D eigenvalue weighted by Crippen LogP contribution is 2.39. The SMILES string of the molecule is COc1nc(N2CCOc3ccccc32)nc(NCc2ccccc2)c1OC. The van der Waals surface area contributed by atoms with Gasteiger partial charge in [-0.3, -0.25) is 0 Å². The van der Waals surface area contributed by atoms with E-state index in [0.29, 0.717) is 43.1 Å². The maximum atomic E-state index is 5.74. The van der Waals surface area contributed by atoms with Gasteiger partial charge in [0.15, 0.2) is 5.82 Å². The van der Waals surface area contributed by atoms with Crippen molar-refractivity contribution in [3.05, 3.63) is 60.2 Å². The third-order valence-electron chi connectivity index (χ3n) is 4.49. The van der Waals surface area contributed by atoms with E-state index in [2.05, 4.69) is 22.4 Å². The highest BCUT2D eigenvalue weighted by molar-refractivity contribution is 5.69. The first-order valence-electron chi connectivity index (χ1n) is 9.07. The second-order valence-electron chi connectivity index (χ2n) is 6.22. The zero-order chi connectivity index (χ0) is 19.3. The second-order valence-corrected chi connectivity index (χ2v) is 6.22. The number of anilines is 3. The van der Waals surface area contributed by atoms with Gasteiger partial charge in [0.25, 0.3) is 5.88 Å². The van der Waals surface area contributed by atoms with Crippen LogP contribution in [0.1, 0.15) is 5.56 Å². The van der Waals surface area contributed by atoms with Gasteiger partial charge < -0.3 is 24.4 Å². The molecule has 3 aromatic rings. The average molecular weight is 378 g/mol. The Kier molecular flexibility index (Phi) is 5.14. The number of methoxy groups -OCH3 is 2. The maximum absolute atomic E-state index is 5.74. The van der Waals surface area contributed by atoms with Crippen molar-refractivity contribution in [2.24, 2.45) is 0 Å². The molecule has 0 spiro atoms. The van der Waals surface area contributed by atoms with E-state index in [-0.39, 0.29) is 0 Å². The summed E-state index contributed by atoms with van der Waals surface area (Å²) in [6.07, 6.45) is 0. The van der Waals surface area contributed by atoms with E-state index in [4.69, 9.17) is 19.2 Å². The molecule has 0 saturated carbocycles. The van der Waals surface area contributed by atoms with Crippen molar-refractivity contribution in [3.63, 3.8) is 0 Å². The van der Waals surface area contributed by atoms with Crippen molar-refractivity contribution in [2.75, 3.05) is 37.6 Å². The molecule has 1 aliphatic rings. The van der Waals surface area contributed by atoms with Crippen LogP contribution in [0.3, 0.4) is 0 Å². The van der Waals surface area contributed by atoms with Crippen LogP contribution < -0.4 is 24.4 Å². The molecule has 144 valence electrons. The standard InChI is InChI=1S/C21H22N4O3/c1-26-18-19(22-14-15-8-4-3-5-9-15)23-21(24-20(18)27-2)25-12-13-28-17-11-7-6-10-16(17)25/h3-11H,12-14H2,1-2H3,(H,22,23,24). The first-order chi connectivity index (χ1) is 13.8.